The topological polar surface area (TPSA) is 42.9 Å². The average molecular weight is 463 g/mol. The molecule has 1 aromatic carbocycles. The van der Waals surface area contributed by atoms with Gasteiger partial charge >= 0.3 is 0 Å². The molecule has 0 radical (unpaired) electrons. The van der Waals surface area contributed by atoms with Crippen molar-refractivity contribution < 1.29 is 4.39 Å². The average Bonchev–Trinajstić information content (AvgIpc) is 2.79. The summed E-state index contributed by atoms with van der Waals surface area (Å²) >= 11 is 0. The fourth-order valence-corrected chi connectivity index (χ4v) is 2.85. The molecule has 1 aliphatic heterocycles. The van der Waals surface area contributed by atoms with E-state index in [4.69, 9.17) is 0 Å². The molecule has 0 aliphatic carbocycles. The van der Waals surface area contributed by atoms with Crippen molar-refractivity contribution in [1.29, 1.82) is 0 Å². The highest BCUT2D eigenvalue weighted by Crippen LogP contribution is 2.02. The lowest BCUT2D eigenvalue weighted by atomic mass is 10.1. The third kappa shape index (κ3) is 8.82. The lowest BCUT2D eigenvalue weighted by Crippen LogP contribution is -2.42. The number of hydrogen-bond acceptors (Lipinski definition) is 3. The van der Waals surface area contributed by atoms with Gasteiger partial charge in [0.2, 0.25) is 0 Å². The Morgan fingerprint density at radius 1 is 1.08 bits per heavy atom. The molecule has 1 saturated heterocycles. The largest absolute Gasteiger partial charge is 0.356 e. The number of likely N-dealkylation sites (N-methyl/N-ethyl adjacent to an activating group) is 1. The van der Waals surface area contributed by atoms with Crippen LogP contribution in [0, 0.1) is 5.82 Å². The summed E-state index contributed by atoms with van der Waals surface area (Å²) in [5.41, 5.74) is 1.12. The molecule has 2 N–H and O–H groups in total. The summed E-state index contributed by atoms with van der Waals surface area (Å²) in [6, 6.07) is 6.65. The van der Waals surface area contributed by atoms with E-state index >= 15 is 0 Å². The molecule has 2 rings (SSSR count). The van der Waals surface area contributed by atoms with E-state index in [1.165, 1.54) is 31.6 Å². The third-order valence-electron chi connectivity index (χ3n) is 4.38. The van der Waals surface area contributed by atoms with Gasteiger partial charge in [-0.15, -0.1) is 24.0 Å². The minimum atomic E-state index is -0.191. The van der Waals surface area contributed by atoms with E-state index in [1.807, 2.05) is 12.1 Å². The van der Waals surface area contributed by atoms with Crippen LogP contribution in [0.5, 0.6) is 0 Å². The monoisotopic (exact) mass is 463 g/mol. The van der Waals surface area contributed by atoms with Crippen molar-refractivity contribution in [1.82, 2.24) is 20.4 Å². The summed E-state index contributed by atoms with van der Waals surface area (Å²) in [5, 5.41) is 6.68. The summed E-state index contributed by atoms with van der Waals surface area (Å²) in [4.78, 5) is 9.15. The lowest BCUT2D eigenvalue weighted by molar-refractivity contribution is 0.280. The van der Waals surface area contributed by atoms with Crippen LogP contribution in [0.4, 0.5) is 4.39 Å². The standard InChI is InChI=1S/C18H30FN5.HI/c1-20-18(21-9-8-16-4-6-17(19)7-5-16)22-10-13-24-12-3-11-23(2)14-15-24;/h4-7H,3,8-15H2,1-2H3,(H2,20,21,22);1H. The van der Waals surface area contributed by atoms with E-state index in [9.17, 15) is 4.39 Å². The third-order valence-corrected chi connectivity index (χ3v) is 4.38. The second-order valence-electron chi connectivity index (χ2n) is 6.30. The van der Waals surface area contributed by atoms with Gasteiger partial charge < -0.3 is 20.4 Å². The summed E-state index contributed by atoms with van der Waals surface area (Å²) < 4.78 is 12.9. The molecule has 0 amide bonds. The molecular formula is C18H31FIN5. The van der Waals surface area contributed by atoms with E-state index in [2.05, 4.69) is 32.5 Å². The number of rotatable bonds is 6. The number of aliphatic imine (C=N–C) groups is 1. The van der Waals surface area contributed by atoms with Gasteiger partial charge in [0.05, 0.1) is 0 Å². The zero-order valence-corrected chi connectivity index (χ0v) is 17.6. The lowest BCUT2D eigenvalue weighted by Gasteiger charge is -2.21. The van der Waals surface area contributed by atoms with Crippen molar-refractivity contribution in [2.24, 2.45) is 4.99 Å². The Kier molecular flexibility index (Phi) is 11.0. The molecule has 0 atom stereocenters. The maximum absolute atomic E-state index is 12.9. The van der Waals surface area contributed by atoms with Crippen molar-refractivity contribution >= 4 is 29.9 Å². The maximum atomic E-state index is 12.9. The van der Waals surface area contributed by atoms with Crippen LogP contribution >= 0.6 is 24.0 Å². The smallest absolute Gasteiger partial charge is 0.191 e. The number of nitrogens with zero attached hydrogens (tertiary/aromatic N) is 3. The molecular weight excluding hydrogens is 432 g/mol. The van der Waals surface area contributed by atoms with Crippen LogP contribution in [0.1, 0.15) is 12.0 Å². The first-order valence-corrected chi connectivity index (χ1v) is 8.77. The normalized spacial score (nSPS) is 16.8. The van der Waals surface area contributed by atoms with E-state index in [1.54, 1.807) is 7.05 Å². The minimum Gasteiger partial charge on any atom is -0.356 e. The molecule has 1 aromatic rings. The molecule has 1 fully saturated rings. The Morgan fingerprint density at radius 2 is 1.80 bits per heavy atom. The maximum Gasteiger partial charge on any atom is 0.191 e. The van der Waals surface area contributed by atoms with Gasteiger partial charge in [0.1, 0.15) is 5.82 Å². The van der Waals surface area contributed by atoms with E-state index < -0.39 is 0 Å². The Bertz CT molecular complexity index is 509. The Hall–Kier alpha value is -0.930. The van der Waals surface area contributed by atoms with Gasteiger partial charge in [0.15, 0.2) is 5.96 Å². The number of hydrogen-bond donors (Lipinski definition) is 2. The highest BCUT2D eigenvalue weighted by atomic mass is 127. The Labute approximate surface area is 168 Å². The summed E-state index contributed by atoms with van der Waals surface area (Å²) in [5.74, 6) is 0.632. The highest BCUT2D eigenvalue weighted by Gasteiger charge is 2.11. The van der Waals surface area contributed by atoms with E-state index in [0.717, 1.165) is 50.7 Å². The van der Waals surface area contributed by atoms with Crippen LogP contribution in [0.2, 0.25) is 0 Å². The molecule has 0 aromatic heterocycles. The van der Waals surface area contributed by atoms with Crippen LogP contribution in [0.15, 0.2) is 29.3 Å². The molecule has 5 nitrogen and oxygen atoms in total. The van der Waals surface area contributed by atoms with Crippen LogP contribution in [0.3, 0.4) is 0 Å². The van der Waals surface area contributed by atoms with Crippen molar-refractivity contribution in [3.05, 3.63) is 35.6 Å². The molecule has 0 saturated carbocycles. The predicted octanol–water partition coefficient (Wildman–Crippen LogP) is 1.79. The van der Waals surface area contributed by atoms with Gasteiger partial charge in [-0.1, -0.05) is 12.1 Å². The summed E-state index contributed by atoms with van der Waals surface area (Å²) in [7, 11) is 3.97. The fourth-order valence-electron chi connectivity index (χ4n) is 2.85. The van der Waals surface area contributed by atoms with Gasteiger partial charge in [-0.3, -0.25) is 4.99 Å². The highest BCUT2D eigenvalue weighted by molar-refractivity contribution is 14.0. The van der Waals surface area contributed by atoms with Crippen LogP contribution in [-0.4, -0.2) is 75.7 Å². The molecule has 1 heterocycles. The quantitative estimate of drug-likeness (QED) is 0.384. The van der Waals surface area contributed by atoms with Crippen molar-refractivity contribution in [2.75, 3.05) is 59.9 Å². The number of guanidine groups is 1. The molecule has 0 unspecified atom stereocenters. The molecule has 0 spiro atoms. The van der Waals surface area contributed by atoms with E-state index in [-0.39, 0.29) is 29.8 Å². The first kappa shape index (κ1) is 22.1. The van der Waals surface area contributed by atoms with Crippen LogP contribution in [0.25, 0.3) is 0 Å². The first-order chi connectivity index (χ1) is 11.7. The van der Waals surface area contributed by atoms with Gasteiger partial charge in [-0.2, -0.15) is 0 Å². The minimum absolute atomic E-state index is 0. The SMILES string of the molecule is CN=C(NCCc1ccc(F)cc1)NCCN1CCCN(C)CC1.I. The van der Waals surface area contributed by atoms with E-state index in [0.29, 0.717) is 0 Å². The number of benzene rings is 1. The number of halogens is 2. The van der Waals surface area contributed by atoms with Crippen LogP contribution < -0.4 is 10.6 Å². The molecule has 0 bridgehead atoms. The fraction of sp³-hybridized carbons (Fsp3) is 0.611. The van der Waals surface area contributed by atoms with Gasteiger partial charge in [0, 0.05) is 39.8 Å². The molecule has 1 aliphatic rings. The van der Waals surface area contributed by atoms with Gasteiger partial charge in [-0.05, 0) is 50.7 Å². The first-order valence-electron chi connectivity index (χ1n) is 8.77. The van der Waals surface area contributed by atoms with Crippen molar-refractivity contribution in [3.8, 4) is 0 Å². The Morgan fingerprint density at radius 3 is 2.52 bits per heavy atom. The van der Waals surface area contributed by atoms with Gasteiger partial charge in [-0.25, -0.2) is 4.39 Å². The second kappa shape index (κ2) is 12.4. The molecule has 7 heteroatoms. The van der Waals surface area contributed by atoms with Crippen molar-refractivity contribution in [3.63, 3.8) is 0 Å². The molecule has 142 valence electrons. The second-order valence-corrected chi connectivity index (χ2v) is 6.30. The number of nitrogens with one attached hydrogen (secondary N) is 2. The molecule has 25 heavy (non-hydrogen) atoms. The zero-order chi connectivity index (χ0) is 17.2. The zero-order valence-electron chi connectivity index (χ0n) is 15.3. The Balaban J connectivity index is 0.00000312. The van der Waals surface area contributed by atoms with Crippen LogP contribution in [-0.2, 0) is 6.42 Å². The predicted molar refractivity (Wildman–Crippen MR) is 113 cm³/mol. The summed E-state index contributed by atoms with van der Waals surface area (Å²) in [6.45, 7) is 7.34. The van der Waals surface area contributed by atoms with Gasteiger partial charge in [0.25, 0.3) is 0 Å². The summed E-state index contributed by atoms with van der Waals surface area (Å²) in [6.07, 6.45) is 2.08. The van der Waals surface area contributed by atoms with Crippen molar-refractivity contribution in [2.45, 2.75) is 12.8 Å².